The monoisotopic (exact) mass is 444 g/mol. The van der Waals surface area contributed by atoms with Crippen LogP contribution in [0.25, 0.3) is 11.0 Å². The van der Waals surface area contributed by atoms with Gasteiger partial charge in [-0.3, -0.25) is 9.19 Å². The molecule has 166 valence electrons. The topological polar surface area (TPSA) is 87.5 Å². The number of imidazole rings is 1. The van der Waals surface area contributed by atoms with Crippen LogP contribution in [0.1, 0.15) is 32.0 Å². The molecule has 1 unspecified atom stereocenters. The Morgan fingerprint density at radius 2 is 2.13 bits per heavy atom. The van der Waals surface area contributed by atoms with E-state index in [0.29, 0.717) is 30.7 Å². The Bertz CT molecular complexity index is 1100. The number of para-hydroxylation sites is 2. The van der Waals surface area contributed by atoms with Gasteiger partial charge in [-0.1, -0.05) is 12.1 Å². The molecule has 0 aliphatic carbocycles. The molecule has 1 aliphatic rings. The van der Waals surface area contributed by atoms with E-state index in [1.807, 2.05) is 58.0 Å². The molecule has 2 atom stereocenters. The molecule has 0 saturated carbocycles. The zero-order valence-electron chi connectivity index (χ0n) is 18.3. The van der Waals surface area contributed by atoms with E-state index in [1.54, 1.807) is 10.9 Å². The van der Waals surface area contributed by atoms with E-state index in [0.717, 1.165) is 22.3 Å². The fourth-order valence-corrected chi connectivity index (χ4v) is 4.78. The number of nitrogens with one attached hydrogen (secondary N) is 1. The standard InChI is InChI=1S/C22H28N4O4S/c1-5-24-26-19-9-7-6-8-17(19)25-21(26)31(27)14-18-15(2)20(10-11-23-18)28-12-16-13-29-22(3,4)30-16/h6-11,16,24H,5,12-14H2,1-4H3/t16-,31?/m1/s1. The Morgan fingerprint density at radius 1 is 1.32 bits per heavy atom. The Balaban J connectivity index is 1.51. The predicted octanol–water partition coefficient (Wildman–Crippen LogP) is 3.14. The second-order valence-electron chi connectivity index (χ2n) is 7.86. The molecule has 1 fully saturated rings. The van der Waals surface area contributed by atoms with Gasteiger partial charge in [0.2, 0.25) is 5.16 Å². The third-order valence-corrected chi connectivity index (χ3v) is 6.29. The number of pyridine rings is 1. The fraction of sp³-hybridized carbons (Fsp3) is 0.455. The van der Waals surface area contributed by atoms with Gasteiger partial charge in [0.15, 0.2) is 5.79 Å². The van der Waals surface area contributed by atoms with Crippen LogP contribution in [-0.4, -0.2) is 50.5 Å². The first-order chi connectivity index (χ1) is 14.9. The molecule has 1 aliphatic heterocycles. The summed E-state index contributed by atoms with van der Waals surface area (Å²) in [6.07, 6.45) is 1.55. The van der Waals surface area contributed by atoms with Crippen LogP contribution in [0.15, 0.2) is 41.7 Å². The van der Waals surface area contributed by atoms with Gasteiger partial charge in [-0.05, 0) is 45.9 Å². The van der Waals surface area contributed by atoms with Crippen LogP contribution in [0.2, 0.25) is 0 Å². The molecular formula is C22H28N4O4S. The summed E-state index contributed by atoms with van der Waals surface area (Å²) < 4.78 is 32.4. The molecule has 0 bridgehead atoms. The Morgan fingerprint density at radius 3 is 2.87 bits per heavy atom. The van der Waals surface area contributed by atoms with Crippen molar-refractivity contribution >= 4 is 21.8 Å². The normalized spacial score (nSPS) is 18.9. The number of nitrogens with zero attached hydrogens (tertiary/aromatic N) is 3. The van der Waals surface area contributed by atoms with Crippen molar-refractivity contribution in [1.29, 1.82) is 0 Å². The molecule has 2 aromatic heterocycles. The quantitative estimate of drug-likeness (QED) is 0.571. The van der Waals surface area contributed by atoms with Crippen molar-refractivity contribution in [2.24, 2.45) is 0 Å². The van der Waals surface area contributed by atoms with Crippen LogP contribution in [0.5, 0.6) is 5.75 Å². The van der Waals surface area contributed by atoms with Gasteiger partial charge in [-0.25, -0.2) is 9.66 Å². The summed E-state index contributed by atoms with van der Waals surface area (Å²) in [5.74, 6) is 0.366. The van der Waals surface area contributed by atoms with Crippen molar-refractivity contribution in [2.45, 2.75) is 50.5 Å². The summed E-state index contributed by atoms with van der Waals surface area (Å²) in [6.45, 7) is 9.26. The average Bonchev–Trinajstić information content (AvgIpc) is 3.29. The fourth-order valence-electron chi connectivity index (χ4n) is 3.55. The molecule has 0 radical (unpaired) electrons. The zero-order chi connectivity index (χ0) is 22.0. The molecule has 0 amide bonds. The summed E-state index contributed by atoms with van der Waals surface area (Å²) in [5.41, 5.74) is 6.52. The van der Waals surface area contributed by atoms with Gasteiger partial charge in [0, 0.05) is 18.3 Å². The maximum atomic E-state index is 13.3. The zero-order valence-corrected chi connectivity index (χ0v) is 19.1. The number of fused-ring (bicyclic) bond motifs is 1. The van der Waals surface area contributed by atoms with Gasteiger partial charge in [-0.2, -0.15) is 0 Å². The van der Waals surface area contributed by atoms with Gasteiger partial charge in [-0.15, -0.1) is 0 Å². The lowest BCUT2D eigenvalue weighted by Gasteiger charge is -2.18. The maximum Gasteiger partial charge on any atom is 0.219 e. The van der Waals surface area contributed by atoms with E-state index in [9.17, 15) is 4.21 Å². The lowest BCUT2D eigenvalue weighted by Crippen LogP contribution is -2.25. The van der Waals surface area contributed by atoms with Crippen molar-refractivity contribution in [1.82, 2.24) is 14.6 Å². The highest BCUT2D eigenvalue weighted by molar-refractivity contribution is 7.84. The first-order valence-corrected chi connectivity index (χ1v) is 11.7. The van der Waals surface area contributed by atoms with Gasteiger partial charge in [0.25, 0.3) is 0 Å². The first kappa shape index (κ1) is 21.7. The molecule has 1 N–H and O–H groups in total. The van der Waals surface area contributed by atoms with Gasteiger partial charge in [0.1, 0.15) is 18.5 Å². The van der Waals surface area contributed by atoms with Gasteiger partial charge >= 0.3 is 0 Å². The maximum absolute atomic E-state index is 13.3. The van der Waals surface area contributed by atoms with Crippen LogP contribution >= 0.6 is 0 Å². The molecular weight excluding hydrogens is 416 g/mol. The minimum absolute atomic E-state index is 0.125. The number of aromatic nitrogens is 3. The van der Waals surface area contributed by atoms with Crippen molar-refractivity contribution in [3.05, 3.63) is 47.8 Å². The molecule has 0 spiro atoms. The first-order valence-electron chi connectivity index (χ1n) is 10.4. The van der Waals surface area contributed by atoms with Crippen LogP contribution < -0.4 is 10.2 Å². The van der Waals surface area contributed by atoms with Gasteiger partial charge < -0.3 is 19.6 Å². The minimum Gasteiger partial charge on any atom is -0.490 e. The van der Waals surface area contributed by atoms with E-state index < -0.39 is 16.6 Å². The van der Waals surface area contributed by atoms with E-state index in [2.05, 4.69) is 15.4 Å². The number of ether oxygens (including phenoxy) is 3. The summed E-state index contributed by atoms with van der Waals surface area (Å²) in [7, 11) is -1.39. The largest absolute Gasteiger partial charge is 0.490 e. The molecule has 3 heterocycles. The van der Waals surface area contributed by atoms with Crippen molar-refractivity contribution < 1.29 is 18.4 Å². The summed E-state index contributed by atoms with van der Waals surface area (Å²) in [6, 6.07) is 9.55. The third kappa shape index (κ3) is 4.73. The molecule has 31 heavy (non-hydrogen) atoms. The summed E-state index contributed by atoms with van der Waals surface area (Å²) >= 11 is 0. The SMILES string of the molecule is CCNn1c(S(=O)Cc2nccc(OC[C@@H]3COC(C)(C)O3)c2C)nc2ccccc21. The van der Waals surface area contributed by atoms with Crippen LogP contribution in [-0.2, 0) is 26.0 Å². The number of hydrogen-bond donors (Lipinski definition) is 1. The van der Waals surface area contributed by atoms with E-state index in [-0.39, 0.29) is 11.9 Å². The molecule has 4 rings (SSSR count). The van der Waals surface area contributed by atoms with Crippen molar-refractivity contribution in [3.8, 4) is 5.75 Å². The Hall–Kier alpha value is -2.49. The Labute approximate surface area is 184 Å². The highest BCUT2D eigenvalue weighted by Crippen LogP contribution is 2.26. The molecule has 1 aromatic carbocycles. The highest BCUT2D eigenvalue weighted by Gasteiger charge is 2.33. The summed E-state index contributed by atoms with van der Waals surface area (Å²) in [5, 5.41) is 0.481. The second-order valence-corrected chi connectivity index (χ2v) is 9.21. The number of hydrogen-bond acceptors (Lipinski definition) is 7. The molecule has 3 aromatic rings. The highest BCUT2D eigenvalue weighted by atomic mass is 32.2. The second kappa shape index (κ2) is 8.94. The molecule has 9 heteroatoms. The molecule has 8 nitrogen and oxygen atoms in total. The van der Waals surface area contributed by atoms with E-state index in [4.69, 9.17) is 14.2 Å². The van der Waals surface area contributed by atoms with Crippen molar-refractivity contribution in [3.63, 3.8) is 0 Å². The van der Waals surface area contributed by atoms with E-state index in [1.165, 1.54) is 0 Å². The lowest BCUT2D eigenvalue weighted by molar-refractivity contribution is -0.141. The smallest absolute Gasteiger partial charge is 0.219 e. The number of rotatable bonds is 8. The average molecular weight is 445 g/mol. The Kier molecular flexibility index (Phi) is 6.27. The van der Waals surface area contributed by atoms with Gasteiger partial charge in [0.05, 0.1) is 39.9 Å². The van der Waals surface area contributed by atoms with Crippen LogP contribution in [0.4, 0.5) is 0 Å². The van der Waals surface area contributed by atoms with Crippen LogP contribution in [0.3, 0.4) is 0 Å². The van der Waals surface area contributed by atoms with Crippen molar-refractivity contribution in [2.75, 3.05) is 25.2 Å². The number of benzene rings is 1. The lowest BCUT2D eigenvalue weighted by atomic mass is 10.2. The van der Waals surface area contributed by atoms with Crippen LogP contribution in [0, 0.1) is 6.92 Å². The minimum atomic E-state index is -1.39. The predicted molar refractivity (Wildman–Crippen MR) is 119 cm³/mol. The molecule has 1 saturated heterocycles. The summed E-state index contributed by atoms with van der Waals surface area (Å²) in [4.78, 5) is 9.04. The third-order valence-electron chi connectivity index (χ3n) is 5.07. The van der Waals surface area contributed by atoms with E-state index >= 15 is 0 Å².